The highest BCUT2D eigenvalue weighted by Crippen LogP contribution is 2.37. The van der Waals surface area contributed by atoms with Crippen LogP contribution in [0.3, 0.4) is 0 Å². The standard InChI is InChI=1S/C26H21ClF3N3O2S/c27-20-10-6-17(7-11-20)14-15-33-24(36)32-23(35)25(33,18-4-2-1-3-5-18)16-22(34)31-21-12-8-19(9-13-21)26(28,29)30/h1-13H,14-16H2,(H,31,34)(H,32,35,36). The normalized spacial score (nSPS) is 17.7. The van der Waals surface area contributed by atoms with E-state index in [4.69, 9.17) is 23.8 Å². The zero-order chi connectivity index (χ0) is 25.9. The van der Waals surface area contributed by atoms with E-state index in [0.29, 0.717) is 23.6 Å². The Labute approximate surface area is 216 Å². The summed E-state index contributed by atoms with van der Waals surface area (Å²) < 4.78 is 38.6. The molecule has 0 bridgehead atoms. The summed E-state index contributed by atoms with van der Waals surface area (Å²) in [5.41, 5.74) is -0.528. The maximum absolute atomic E-state index is 13.4. The molecule has 36 heavy (non-hydrogen) atoms. The van der Waals surface area contributed by atoms with Gasteiger partial charge in [-0.3, -0.25) is 9.59 Å². The van der Waals surface area contributed by atoms with Gasteiger partial charge in [-0.15, -0.1) is 0 Å². The molecule has 4 rings (SSSR count). The van der Waals surface area contributed by atoms with Crippen LogP contribution in [0.1, 0.15) is 23.1 Å². The Kier molecular flexibility index (Phi) is 7.33. The molecule has 1 aliphatic heterocycles. The van der Waals surface area contributed by atoms with Gasteiger partial charge in [0.1, 0.15) is 0 Å². The second-order valence-corrected chi connectivity index (χ2v) is 9.14. The molecule has 2 N–H and O–H groups in total. The highest BCUT2D eigenvalue weighted by atomic mass is 35.5. The third kappa shape index (κ3) is 5.37. The monoisotopic (exact) mass is 531 g/mol. The summed E-state index contributed by atoms with van der Waals surface area (Å²) in [5.74, 6) is -0.993. The zero-order valence-corrected chi connectivity index (χ0v) is 20.4. The van der Waals surface area contributed by atoms with Gasteiger partial charge in [0.2, 0.25) is 5.91 Å². The molecule has 3 aromatic rings. The van der Waals surface area contributed by atoms with Crippen LogP contribution in [0.5, 0.6) is 0 Å². The van der Waals surface area contributed by atoms with Crippen LogP contribution in [0.2, 0.25) is 5.02 Å². The molecule has 1 heterocycles. The number of carbonyl (C=O) groups is 2. The van der Waals surface area contributed by atoms with E-state index in [-0.39, 0.29) is 17.2 Å². The molecule has 1 unspecified atom stereocenters. The fraction of sp³-hybridized carbons (Fsp3) is 0.192. The number of nitrogens with zero attached hydrogens (tertiary/aromatic N) is 1. The highest BCUT2D eigenvalue weighted by Gasteiger charge is 2.53. The van der Waals surface area contributed by atoms with Gasteiger partial charge in [-0.05, 0) is 66.2 Å². The Morgan fingerprint density at radius 1 is 1.00 bits per heavy atom. The Morgan fingerprint density at radius 2 is 1.64 bits per heavy atom. The third-order valence-corrected chi connectivity index (χ3v) is 6.58. The first-order valence-electron chi connectivity index (χ1n) is 11.0. The molecule has 1 atom stereocenters. The molecule has 0 spiro atoms. The van der Waals surface area contributed by atoms with Crippen molar-refractivity contribution in [3.05, 3.63) is 101 Å². The van der Waals surface area contributed by atoms with Crippen molar-refractivity contribution in [2.45, 2.75) is 24.6 Å². The van der Waals surface area contributed by atoms with Gasteiger partial charge in [0.25, 0.3) is 5.91 Å². The number of amides is 2. The van der Waals surface area contributed by atoms with Crippen LogP contribution in [0.25, 0.3) is 0 Å². The van der Waals surface area contributed by atoms with Gasteiger partial charge in [0.05, 0.1) is 12.0 Å². The first-order valence-corrected chi connectivity index (χ1v) is 11.8. The minimum Gasteiger partial charge on any atom is -0.330 e. The topological polar surface area (TPSA) is 61.4 Å². The fourth-order valence-corrected chi connectivity index (χ4v) is 4.67. The van der Waals surface area contributed by atoms with Crippen molar-refractivity contribution in [3.63, 3.8) is 0 Å². The van der Waals surface area contributed by atoms with Crippen molar-refractivity contribution in [1.29, 1.82) is 0 Å². The van der Waals surface area contributed by atoms with E-state index in [2.05, 4.69) is 10.6 Å². The molecule has 0 aliphatic carbocycles. The molecule has 5 nitrogen and oxygen atoms in total. The van der Waals surface area contributed by atoms with Crippen LogP contribution in [0.15, 0.2) is 78.9 Å². The Morgan fingerprint density at radius 3 is 2.25 bits per heavy atom. The summed E-state index contributed by atoms with van der Waals surface area (Å²) >= 11 is 11.4. The van der Waals surface area contributed by atoms with Crippen LogP contribution in [0.4, 0.5) is 18.9 Å². The molecule has 1 saturated heterocycles. The molecule has 186 valence electrons. The minimum atomic E-state index is -4.48. The van der Waals surface area contributed by atoms with Crippen molar-refractivity contribution in [2.24, 2.45) is 0 Å². The molecule has 2 amide bonds. The molecule has 3 aromatic carbocycles. The number of alkyl halides is 3. The number of anilines is 1. The van der Waals surface area contributed by atoms with E-state index in [1.165, 1.54) is 12.1 Å². The van der Waals surface area contributed by atoms with Crippen molar-refractivity contribution >= 4 is 46.4 Å². The Bertz CT molecular complexity index is 1270. The lowest BCUT2D eigenvalue weighted by molar-refractivity contribution is -0.137. The number of nitrogens with one attached hydrogen (secondary N) is 2. The maximum Gasteiger partial charge on any atom is 0.416 e. The molecular formula is C26H21ClF3N3O2S. The smallest absolute Gasteiger partial charge is 0.330 e. The lowest BCUT2D eigenvalue weighted by atomic mass is 9.84. The van der Waals surface area contributed by atoms with Crippen LogP contribution < -0.4 is 10.6 Å². The number of thiocarbonyl (C=S) groups is 1. The highest BCUT2D eigenvalue weighted by molar-refractivity contribution is 7.80. The molecule has 0 saturated carbocycles. The number of benzene rings is 3. The molecule has 0 aromatic heterocycles. The SMILES string of the molecule is O=C(CC1(c2ccccc2)C(=O)NC(=S)N1CCc1ccc(Cl)cc1)Nc1ccc(C(F)(F)F)cc1. The van der Waals surface area contributed by atoms with Crippen LogP contribution in [-0.2, 0) is 27.7 Å². The maximum atomic E-state index is 13.4. The Hall–Kier alpha value is -3.43. The summed E-state index contributed by atoms with van der Waals surface area (Å²) in [6.45, 7) is 0.335. The summed E-state index contributed by atoms with van der Waals surface area (Å²) in [7, 11) is 0. The van der Waals surface area contributed by atoms with Gasteiger partial charge in [-0.1, -0.05) is 54.1 Å². The first kappa shape index (κ1) is 25.7. The average molecular weight is 532 g/mol. The number of rotatable bonds is 7. The number of hydrogen-bond acceptors (Lipinski definition) is 3. The lowest BCUT2D eigenvalue weighted by Gasteiger charge is -2.36. The van der Waals surface area contributed by atoms with E-state index in [0.717, 1.165) is 17.7 Å². The van der Waals surface area contributed by atoms with E-state index in [1.807, 2.05) is 12.1 Å². The first-order chi connectivity index (χ1) is 17.1. The lowest BCUT2D eigenvalue weighted by Crippen LogP contribution is -2.50. The van der Waals surface area contributed by atoms with Gasteiger partial charge in [-0.2, -0.15) is 13.2 Å². The van der Waals surface area contributed by atoms with Crippen LogP contribution in [-0.4, -0.2) is 28.4 Å². The van der Waals surface area contributed by atoms with Gasteiger partial charge in [0, 0.05) is 17.3 Å². The van der Waals surface area contributed by atoms with Crippen LogP contribution >= 0.6 is 23.8 Å². The summed E-state index contributed by atoms with van der Waals surface area (Å²) in [6, 6.07) is 20.2. The van der Waals surface area contributed by atoms with Gasteiger partial charge >= 0.3 is 6.18 Å². The van der Waals surface area contributed by atoms with Gasteiger partial charge < -0.3 is 15.5 Å². The summed E-state index contributed by atoms with van der Waals surface area (Å²) in [5, 5.41) is 6.09. The van der Waals surface area contributed by atoms with E-state index in [9.17, 15) is 22.8 Å². The van der Waals surface area contributed by atoms with Crippen molar-refractivity contribution in [3.8, 4) is 0 Å². The number of halogens is 4. The Balaban J connectivity index is 1.61. The number of carbonyl (C=O) groups excluding carboxylic acids is 2. The van der Waals surface area contributed by atoms with Gasteiger partial charge in [-0.25, -0.2) is 0 Å². The van der Waals surface area contributed by atoms with E-state index >= 15 is 0 Å². The molecule has 10 heteroatoms. The minimum absolute atomic E-state index is 0.185. The predicted octanol–water partition coefficient (Wildman–Crippen LogP) is 5.54. The number of hydrogen-bond donors (Lipinski definition) is 2. The van der Waals surface area contributed by atoms with Crippen molar-refractivity contribution in [2.75, 3.05) is 11.9 Å². The largest absolute Gasteiger partial charge is 0.416 e. The second-order valence-electron chi connectivity index (χ2n) is 8.31. The van der Waals surface area contributed by atoms with E-state index in [1.54, 1.807) is 47.4 Å². The summed E-state index contributed by atoms with van der Waals surface area (Å²) in [6.07, 6.45) is -4.26. The molecule has 0 radical (unpaired) electrons. The summed E-state index contributed by atoms with van der Waals surface area (Å²) in [4.78, 5) is 28.2. The van der Waals surface area contributed by atoms with E-state index < -0.39 is 29.1 Å². The molecular weight excluding hydrogens is 511 g/mol. The van der Waals surface area contributed by atoms with Gasteiger partial charge in [0.15, 0.2) is 10.7 Å². The second kappa shape index (κ2) is 10.3. The predicted molar refractivity (Wildman–Crippen MR) is 135 cm³/mol. The van der Waals surface area contributed by atoms with Crippen LogP contribution in [0, 0.1) is 0 Å². The van der Waals surface area contributed by atoms with Crippen molar-refractivity contribution in [1.82, 2.24) is 10.2 Å². The zero-order valence-electron chi connectivity index (χ0n) is 18.8. The average Bonchev–Trinajstić information content (AvgIpc) is 3.08. The van der Waals surface area contributed by atoms with Crippen molar-refractivity contribution < 1.29 is 22.8 Å². The fourth-order valence-electron chi connectivity index (χ4n) is 4.21. The quantitative estimate of drug-likeness (QED) is 0.393. The molecule has 1 fully saturated rings. The third-order valence-electron chi connectivity index (χ3n) is 6.00. The molecule has 1 aliphatic rings.